The van der Waals surface area contributed by atoms with Crippen molar-refractivity contribution < 1.29 is 0 Å². The molecule has 1 saturated carbocycles. The van der Waals surface area contributed by atoms with Crippen molar-refractivity contribution in [3.63, 3.8) is 0 Å². The minimum atomic E-state index is 0.511. The maximum absolute atomic E-state index is 6.20. The average Bonchev–Trinajstić information content (AvgIpc) is 3.13. The fraction of sp³-hybridized carbons (Fsp3) is 0.938. The van der Waals surface area contributed by atoms with Gasteiger partial charge in [-0.2, -0.15) is 0 Å². The fourth-order valence-corrected chi connectivity index (χ4v) is 3.98. The molecule has 2 heterocycles. The molecule has 4 heteroatoms. The van der Waals surface area contributed by atoms with Crippen LogP contribution < -0.4 is 5.73 Å². The predicted octanol–water partition coefficient (Wildman–Crippen LogP) is 2.05. The molecule has 1 aliphatic carbocycles. The number of hydrogen-bond acceptors (Lipinski definition) is 2. The van der Waals surface area contributed by atoms with Crippen LogP contribution in [-0.2, 0) is 0 Å². The van der Waals surface area contributed by atoms with E-state index in [-0.39, 0.29) is 0 Å². The van der Waals surface area contributed by atoms with Gasteiger partial charge in [0.05, 0.1) is 6.04 Å². The van der Waals surface area contributed by atoms with E-state index in [1.807, 2.05) is 0 Å². The van der Waals surface area contributed by atoms with Crippen LogP contribution in [0.3, 0.4) is 0 Å². The average molecular weight is 278 g/mol. The van der Waals surface area contributed by atoms with E-state index in [4.69, 9.17) is 10.7 Å². The van der Waals surface area contributed by atoms with Crippen molar-refractivity contribution in [2.24, 2.45) is 16.6 Å². The van der Waals surface area contributed by atoms with Gasteiger partial charge in [-0.3, -0.25) is 0 Å². The van der Waals surface area contributed by atoms with E-state index in [1.54, 1.807) is 0 Å². The van der Waals surface area contributed by atoms with Gasteiger partial charge in [-0.15, -0.1) is 0 Å². The lowest BCUT2D eigenvalue weighted by atomic mass is 9.96. The first-order chi connectivity index (χ1) is 9.81. The monoisotopic (exact) mass is 278 g/mol. The molecule has 2 saturated heterocycles. The molecule has 2 aliphatic heterocycles. The van der Waals surface area contributed by atoms with Crippen molar-refractivity contribution in [2.45, 2.75) is 57.4 Å². The predicted molar refractivity (Wildman–Crippen MR) is 83.8 cm³/mol. The summed E-state index contributed by atoms with van der Waals surface area (Å²) < 4.78 is 0. The van der Waals surface area contributed by atoms with Crippen molar-refractivity contribution in [3.8, 4) is 0 Å². The second kappa shape index (κ2) is 6.79. The zero-order chi connectivity index (χ0) is 13.8. The molecule has 0 radical (unpaired) electrons. The number of nitrogens with zero attached hydrogens (tertiary/aromatic N) is 3. The van der Waals surface area contributed by atoms with Gasteiger partial charge in [0.2, 0.25) is 0 Å². The van der Waals surface area contributed by atoms with Crippen LogP contribution >= 0.6 is 0 Å². The van der Waals surface area contributed by atoms with Gasteiger partial charge in [-0.25, -0.2) is 4.99 Å². The first-order valence-corrected chi connectivity index (χ1v) is 8.62. The topological polar surface area (TPSA) is 44.9 Å². The molecule has 0 atom stereocenters. The number of nitrogens with two attached hydrogens (primary N) is 1. The van der Waals surface area contributed by atoms with Gasteiger partial charge in [0, 0.05) is 19.6 Å². The first-order valence-electron chi connectivity index (χ1n) is 8.62. The molecule has 3 rings (SSSR count). The van der Waals surface area contributed by atoms with E-state index >= 15 is 0 Å². The number of likely N-dealkylation sites (tertiary alicyclic amines) is 2. The minimum absolute atomic E-state index is 0.511. The molecule has 3 aliphatic rings. The smallest absolute Gasteiger partial charge is 0.191 e. The van der Waals surface area contributed by atoms with E-state index < -0.39 is 0 Å². The SMILES string of the molecule is NC(=NC1CCCC1)N1CCC(CN2CCCC2)CC1. The van der Waals surface area contributed by atoms with Crippen molar-refractivity contribution in [2.75, 3.05) is 32.7 Å². The highest BCUT2D eigenvalue weighted by Gasteiger charge is 2.24. The van der Waals surface area contributed by atoms with Crippen LogP contribution in [0.5, 0.6) is 0 Å². The Kier molecular flexibility index (Phi) is 4.81. The van der Waals surface area contributed by atoms with E-state index in [0.717, 1.165) is 25.0 Å². The number of hydrogen-bond donors (Lipinski definition) is 1. The maximum Gasteiger partial charge on any atom is 0.191 e. The molecular weight excluding hydrogens is 248 g/mol. The summed E-state index contributed by atoms with van der Waals surface area (Å²) in [5, 5.41) is 0. The molecule has 0 unspecified atom stereocenters. The van der Waals surface area contributed by atoms with Gasteiger partial charge in [-0.1, -0.05) is 12.8 Å². The summed E-state index contributed by atoms with van der Waals surface area (Å²) in [6, 6.07) is 0.511. The van der Waals surface area contributed by atoms with Crippen LogP contribution in [0.4, 0.5) is 0 Å². The summed E-state index contributed by atoms with van der Waals surface area (Å²) >= 11 is 0. The molecular formula is C16H30N4. The quantitative estimate of drug-likeness (QED) is 0.635. The Morgan fingerprint density at radius 2 is 1.55 bits per heavy atom. The summed E-state index contributed by atoms with van der Waals surface area (Å²) in [6.45, 7) is 6.19. The Morgan fingerprint density at radius 1 is 0.900 bits per heavy atom. The van der Waals surface area contributed by atoms with Gasteiger partial charge in [0.25, 0.3) is 0 Å². The molecule has 3 fully saturated rings. The molecule has 0 spiro atoms. The fourth-order valence-electron chi connectivity index (χ4n) is 3.98. The molecule has 0 aromatic rings. The maximum atomic E-state index is 6.20. The first kappa shape index (κ1) is 14.2. The van der Waals surface area contributed by atoms with E-state index in [9.17, 15) is 0 Å². The van der Waals surface area contributed by atoms with Crippen LogP contribution in [0.2, 0.25) is 0 Å². The molecule has 0 aromatic heterocycles. The Morgan fingerprint density at radius 3 is 2.20 bits per heavy atom. The van der Waals surface area contributed by atoms with Crippen molar-refractivity contribution in [3.05, 3.63) is 0 Å². The second-order valence-electron chi connectivity index (χ2n) is 6.86. The van der Waals surface area contributed by atoms with E-state index in [0.29, 0.717) is 6.04 Å². The highest BCUT2D eigenvalue weighted by molar-refractivity contribution is 5.78. The molecule has 2 N–H and O–H groups in total. The van der Waals surface area contributed by atoms with Crippen molar-refractivity contribution >= 4 is 5.96 Å². The molecule has 4 nitrogen and oxygen atoms in total. The summed E-state index contributed by atoms with van der Waals surface area (Å²) in [7, 11) is 0. The van der Waals surface area contributed by atoms with Crippen LogP contribution in [0.25, 0.3) is 0 Å². The standard InChI is InChI=1S/C16H30N4/c17-16(18-15-5-1-2-6-15)20-11-7-14(8-12-20)13-19-9-3-4-10-19/h14-15H,1-13H2,(H2,17,18). The molecule has 0 aromatic carbocycles. The number of piperidine rings is 1. The van der Waals surface area contributed by atoms with Crippen LogP contribution in [0.1, 0.15) is 51.4 Å². The Balaban J connectivity index is 1.42. The highest BCUT2D eigenvalue weighted by atomic mass is 15.3. The molecule has 0 bridgehead atoms. The van der Waals surface area contributed by atoms with Gasteiger partial charge in [0.1, 0.15) is 0 Å². The molecule has 114 valence electrons. The van der Waals surface area contributed by atoms with Crippen LogP contribution in [-0.4, -0.2) is 54.5 Å². The van der Waals surface area contributed by atoms with Gasteiger partial charge in [-0.05, 0) is 57.5 Å². The third-order valence-corrected chi connectivity index (χ3v) is 5.29. The second-order valence-corrected chi connectivity index (χ2v) is 6.86. The van der Waals surface area contributed by atoms with Crippen molar-refractivity contribution in [1.29, 1.82) is 0 Å². The lowest BCUT2D eigenvalue weighted by Crippen LogP contribution is -2.45. The largest absolute Gasteiger partial charge is 0.370 e. The number of aliphatic imine (C=N–C) groups is 1. The minimum Gasteiger partial charge on any atom is -0.370 e. The summed E-state index contributed by atoms with van der Waals surface area (Å²) in [6.07, 6.45) is 10.5. The molecule has 0 amide bonds. The normalized spacial score (nSPS) is 27.6. The number of rotatable bonds is 3. The van der Waals surface area contributed by atoms with Gasteiger partial charge < -0.3 is 15.5 Å². The van der Waals surface area contributed by atoms with Crippen molar-refractivity contribution in [1.82, 2.24) is 9.80 Å². The Hall–Kier alpha value is -0.770. The van der Waals surface area contributed by atoms with Gasteiger partial charge in [0.15, 0.2) is 5.96 Å². The van der Waals surface area contributed by atoms with E-state index in [2.05, 4.69) is 9.80 Å². The third kappa shape index (κ3) is 3.66. The van der Waals surface area contributed by atoms with Crippen LogP contribution in [0, 0.1) is 5.92 Å². The Labute approximate surface area is 123 Å². The zero-order valence-corrected chi connectivity index (χ0v) is 12.8. The number of guanidine groups is 1. The lowest BCUT2D eigenvalue weighted by Gasteiger charge is -2.34. The molecule has 20 heavy (non-hydrogen) atoms. The van der Waals surface area contributed by atoms with E-state index in [1.165, 1.54) is 71.0 Å². The zero-order valence-electron chi connectivity index (χ0n) is 12.8. The van der Waals surface area contributed by atoms with Gasteiger partial charge >= 0.3 is 0 Å². The summed E-state index contributed by atoms with van der Waals surface area (Å²) in [4.78, 5) is 9.71. The highest BCUT2D eigenvalue weighted by Crippen LogP contribution is 2.23. The third-order valence-electron chi connectivity index (χ3n) is 5.29. The van der Waals surface area contributed by atoms with Crippen LogP contribution in [0.15, 0.2) is 4.99 Å². The lowest BCUT2D eigenvalue weighted by molar-refractivity contribution is 0.200. The summed E-state index contributed by atoms with van der Waals surface area (Å²) in [5.41, 5.74) is 6.20. The summed E-state index contributed by atoms with van der Waals surface area (Å²) in [5.74, 6) is 1.69. The Bertz CT molecular complexity index is 321.